The fourth-order valence-electron chi connectivity index (χ4n) is 4.74. The number of aromatic nitrogens is 4. The standard InChI is InChI=1S/C27H28N6O2S/c1-2-6-21(7-3-1)8-4-12-31-13-15-32(16-14-31)26(25-9-5-19-36-25)27-28-29-30-33(27)22-10-11-23-24(20-22)35-18-17-34-23/h1-11,19-20,26H,12-18H2/b8-4+. The normalized spacial score (nSPS) is 17.4. The third-order valence-corrected chi connectivity index (χ3v) is 7.49. The Kier molecular flexibility index (Phi) is 6.75. The Morgan fingerprint density at radius 1 is 0.917 bits per heavy atom. The molecule has 4 heterocycles. The molecule has 0 N–H and O–H groups in total. The van der Waals surface area contributed by atoms with Crippen LogP contribution < -0.4 is 9.47 Å². The van der Waals surface area contributed by atoms with Gasteiger partial charge in [-0.25, -0.2) is 0 Å². The lowest BCUT2D eigenvalue weighted by Gasteiger charge is -2.38. The average molecular weight is 501 g/mol. The molecule has 8 nitrogen and oxygen atoms in total. The van der Waals surface area contributed by atoms with Gasteiger partial charge in [0.1, 0.15) is 19.3 Å². The van der Waals surface area contributed by atoms with Gasteiger partial charge in [0.05, 0.1) is 5.69 Å². The maximum Gasteiger partial charge on any atom is 0.179 e. The average Bonchev–Trinajstić information content (AvgIpc) is 3.64. The van der Waals surface area contributed by atoms with Gasteiger partial charge in [-0.15, -0.1) is 16.4 Å². The molecule has 184 valence electrons. The number of hydrogen-bond donors (Lipinski definition) is 0. The Morgan fingerprint density at radius 3 is 2.56 bits per heavy atom. The fraction of sp³-hybridized carbons (Fsp3) is 0.296. The zero-order valence-corrected chi connectivity index (χ0v) is 20.8. The summed E-state index contributed by atoms with van der Waals surface area (Å²) in [6.07, 6.45) is 4.45. The Hall–Kier alpha value is -3.53. The molecule has 0 radical (unpaired) electrons. The molecule has 1 saturated heterocycles. The highest BCUT2D eigenvalue weighted by molar-refractivity contribution is 7.10. The van der Waals surface area contributed by atoms with Crippen LogP contribution in [0.3, 0.4) is 0 Å². The van der Waals surface area contributed by atoms with Crippen LogP contribution in [0.15, 0.2) is 72.1 Å². The van der Waals surface area contributed by atoms with Crippen LogP contribution in [-0.2, 0) is 0 Å². The Bertz CT molecular complexity index is 1300. The van der Waals surface area contributed by atoms with Gasteiger partial charge >= 0.3 is 0 Å². The van der Waals surface area contributed by atoms with Crippen molar-refractivity contribution in [3.05, 3.63) is 88.4 Å². The maximum atomic E-state index is 5.80. The molecule has 0 spiro atoms. The monoisotopic (exact) mass is 500 g/mol. The van der Waals surface area contributed by atoms with E-state index >= 15 is 0 Å². The van der Waals surface area contributed by atoms with Crippen molar-refractivity contribution in [1.82, 2.24) is 30.0 Å². The van der Waals surface area contributed by atoms with Crippen LogP contribution in [0, 0.1) is 0 Å². The molecule has 9 heteroatoms. The van der Waals surface area contributed by atoms with E-state index < -0.39 is 0 Å². The van der Waals surface area contributed by atoms with Gasteiger partial charge in [-0.05, 0) is 39.6 Å². The highest BCUT2D eigenvalue weighted by atomic mass is 32.1. The number of fused-ring (bicyclic) bond motifs is 1. The van der Waals surface area contributed by atoms with Gasteiger partial charge in [0.15, 0.2) is 17.3 Å². The van der Waals surface area contributed by atoms with Gasteiger partial charge < -0.3 is 9.47 Å². The highest BCUT2D eigenvalue weighted by Crippen LogP contribution is 2.35. The molecule has 0 aliphatic carbocycles. The third kappa shape index (κ3) is 4.90. The number of piperazine rings is 1. The molecular formula is C27H28N6O2S. The van der Waals surface area contributed by atoms with E-state index in [1.54, 1.807) is 11.3 Å². The number of tetrazole rings is 1. The van der Waals surface area contributed by atoms with Crippen molar-refractivity contribution < 1.29 is 9.47 Å². The van der Waals surface area contributed by atoms with E-state index in [2.05, 4.69) is 79.3 Å². The van der Waals surface area contributed by atoms with Gasteiger partial charge in [0, 0.05) is 43.7 Å². The molecule has 6 rings (SSSR count). The minimum Gasteiger partial charge on any atom is -0.486 e. The van der Waals surface area contributed by atoms with E-state index in [-0.39, 0.29) is 6.04 Å². The second-order valence-corrected chi connectivity index (χ2v) is 9.82. The molecule has 36 heavy (non-hydrogen) atoms. The first-order chi connectivity index (χ1) is 17.8. The molecule has 1 atom stereocenters. The summed E-state index contributed by atoms with van der Waals surface area (Å²) in [5.41, 5.74) is 2.10. The van der Waals surface area contributed by atoms with Crippen molar-refractivity contribution in [2.24, 2.45) is 0 Å². The molecule has 2 aliphatic rings. The topological polar surface area (TPSA) is 68.5 Å². The first-order valence-corrected chi connectivity index (χ1v) is 13.1. The summed E-state index contributed by atoms with van der Waals surface area (Å²) in [5.74, 6) is 2.29. The Labute approximate surface area is 214 Å². The summed E-state index contributed by atoms with van der Waals surface area (Å²) >= 11 is 1.74. The van der Waals surface area contributed by atoms with E-state index in [1.807, 2.05) is 28.9 Å². The minimum absolute atomic E-state index is 0.0183. The molecule has 4 aromatic rings. The number of rotatable bonds is 7. The van der Waals surface area contributed by atoms with Gasteiger partial charge in [-0.2, -0.15) is 4.68 Å². The van der Waals surface area contributed by atoms with Crippen LogP contribution in [0.4, 0.5) is 0 Å². The number of nitrogens with zero attached hydrogens (tertiary/aromatic N) is 6. The maximum absolute atomic E-state index is 5.80. The van der Waals surface area contributed by atoms with E-state index in [1.165, 1.54) is 10.4 Å². The van der Waals surface area contributed by atoms with Crippen molar-refractivity contribution in [1.29, 1.82) is 0 Å². The summed E-state index contributed by atoms with van der Waals surface area (Å²) in [4.78, 5) is 6.22. The number of benzene rings is 2. The molecule has 0 amide bonds. The molecular weight excluding hydrogens is 472 g/mol. The van der Waals surface area contributed by atoms with Gasteiger partial charge in [-0.3, -0.25) is 9.80 Å². The molecule has 2 aromatic carbocycles. The van der Waals surface area contributed by atoms with E-state index in [0.717, 1.165) is 55.7 Å². The summed E-state index contributed by atoms with van der Waals surface area (Å²) < 4.78 is 13.3. The van der Waals surface area contributed by atoms with E-state index in [0.29, 0.717) is 13.2 Å². The fourth-order valence-corrected chi connectivity index (χ4v) is 5.59. The van der Waals surface area contributed by atoms with Crippen LogP contribution in [-0.4, -0.2) is 75.9 Å². The predicted molar refractivity (Wildman–Crippen MR) is 140 cm³/mol. The number of thiophene rings is 1. The zero-order chi connectivity index (χ0) is 24.2. The van der Waals surface area contributed by atoms with Crippen LogP contribution in [0.2, 0.25) is 0 Å². The van der Waals surface area contributed by atoms with Crippen LogP contribution >= 0.6 is 11.3 Å². The lowest BCUT2D eigenvalue weighted by atomic mass is 10.1. The van der Waals surface area contributed by atoms with Crippen LogP contribution in [0.25, 0.3) is 11.8 Å². The van der Waals surface area contributed by atoms with Gasteiger partial charge in [-0.1, -0.05) is 48.6 Å². The summed E-state index contributed by atoms with van der Waals surface area (Å²) in [6.45, 7) is 5.92. The Morgan fingerprint density at radius 2 is 1.75 bits per heavy atom. The van der Waals surface area contributed by atoms with Crippen molar-refractivity contribution in [3.8, 4) is 17.2 Å². The second-order valence-electron chi connectivity index (χ2n) is 8.84. The number of hydrogen-bond acceptors (Lipinski definition) is 8. The molecule has 0 bridgehead atoms. The van der Waals surface area contributed by atoms with Gasteiger partial charge in [0.2, 0.25) is 0 Å². The second kappa shape index (κ2) is 10.6. The third-order valence-electron chi connectivity index (χ3n) is 6.57. The Balaban J connectivity index is 1.20. The van der Waals surface area contributed by atoms with E-state index in [4.69, 9.17) is 9.47 Å². The van der Waals surface area contributed by atoms with Crippen LogP contribution in [0.5, 0.6) is 11.5 Å². The highest BCUT2D eigenvalue weighted by Gasteiger charge is 2.31. The molecule has 1 fully saturated rings. The minimum atomic E-state index is -0.0183. The van der Waals surface area contributed by atoms with Crippen LogP contribution in [0.1, 0.15) is 22.3 Å². The van der Waals surface area contributed by atoms with Crippen molar-refractivity contribution in [2.45, 2.75) is 6.04 Å². The summed E-state index contributed by atoms with van der Waals surface area (Å²) in [5, 5.41) is 15.1. The van der Waals surface area contributed by atoms with E-state index in [9.17, 15) is 0 Å². The predicted octanol–water partition coefficient (Wildman–Crippen LogP) is 3.92. The van der Waals surface area contributed by atoms with Crippen molar-refractivity contribution in [2.75, 3.05) is 45.9 Å². The molecule has 1 unspecified atom stereocenters. The first kappa shape index (κ1) is 22.9. The van der Waals surface area contributed by atoms with Crippen molar-refractivity contribution >= 4 is 17.4 Å². The summed E-state index contributed by atoms with van der Waals surface area (Å²) in [7, 11) is 0. The largest absolute Gasteiger partial charge is 0.486 e. The molecule has 0 saturated carbocycles. The van der Waals surface area contributed by atoms with Crippen molar-refractivity contribution in [3.63, 3.8) is 0 Å². The lowest BCUT2D eigenvalue weighted by Crippen LogP contribution is -2.48. The number of ether oxygens (including phenoxy) is 2. The molecule has 2 aliphatic heterocycles. The van der Waals surface area contributed by atoms with Gasteiger partial charge in [0.25, 0.3) is 0 Å². The summed E-state index contributed by atoms with van der Waals surface area (Å²) in [6, 6.07) is 20.6. The smallest absolute Gasteiger partial charge is 0.179 e. The molecule has 2 aromatic heterocycles. The lowest BCUT2D eigenvalue weighted by molar-refractivity contribution is 0.115. The first-order valence-electron chi connectivity index (χ1n) is 12.2. The quantitative estimate of drug-likeness (QED) is 0.381. The SMILES string of the molecule is C(=C\c1ccccc1)/CN1CCN(C(c2cccs2)c2nnnn2-c2ccc3c(c2)OCCO3)CC1. The zero-order valence-electron chi connectivity index (χ0n) is 19.9.